The van der Waals surface area contributed by atoms with Crippen LogP contribution in [0.25, 0.3) is 0 Å². The van der Waals surface area contributed by atoms with Crippen molar-refractivity contribution in [1.82, 2.24) is 0 Å². The SMILES string of the molecule is [CH2]C1CC(F)(F)CO1. The van der Waals surface area contributed by atoms with Gasteiger partial charge in [-0.15, -0.1) is 0 Å². The molecule has 0 aromatic carbocycles. The lowest BCUT2D eigenvalue weighted by Crippen LogP contribution is -2.14. The Morgan fingerprint density at radius 1 is 1.62 bits per heavy atom. The smallest absolute Gasteiger partial charge is 0.273 e. The van der Waals surface area contributed by atoms with E-state index in [1.807, 2.05) is 0 Å². The number of hydrogen-bond acceptors (Lipinski definition) is 1. The lowest BCUT2D eigenvalue weighted by molar-refractivity contribution is -0.00887. The van der Waals surface area contributed by atoms with Gasteiger partial charge in [0.15, 0.2) is 0 Å². The van der Waals surface area contributed by atoms with Crippen LogP contribution in [0.15, 0.2) is 0 Å². The van der Waals surface area contributed by atoms with Crippen LogP contribution in [0.1, 0.15) is 6.42 Å². The molecule has 0 bridgehead atoms. The number of alkyl halides is 2. The Morgan fingerprint density at radius 3 is 2.38 bits per heavy atom. The van der Waals surface area contributed by atoms with Crippen molar-refractivity contribution in [3.63, 3.8) is 0 Å². The van der Waals surface area contributed by atoms with Gasteiger partial charge in [-0.25, -0.2) is 8.78 Å². The average Bonchev–Trinajstić information content (AvgIpc) is 1.82. The first kappa shape index (κ1) is 5.95. The van der Waals surface area contributed by atoms with Gasteiger partial charge in [-0.1, -0.05) is 0 Å². The van der Waals surface area contributed by atoms with Crippen molar-refractivity contribution in [2.45, 2.75) is 18.4 Å². The molecule has 0 N–H and O–H groups in total. The average molecular weight is 121 g/mol. The molecule has 0 aromatic heterocycles. The largest absolute Gasteiger partial charge is 0.372 e. The normalized spacial score (nSPS) is 35.6. The van der Waals surface area contributed by atoms with Crippen LogP contribution in [0.4, 0.5) is 8.78 Å². The van der Waals surface area contributed by atoms with E-state index in [0.717, 1.165) is 0 Å². The minimum Gasteiger partial charge on any atom is -0.372 e. The molecule has 1 atom stereocenters. The van der Waals surface area contributed by atoms with E-state index >= 15 is 0 Å². The summed E-state index contributed by atoms with van der Waals surface area (Å²) < 4.78 is 28.6. The van der Waals surface area contributed by atoms with Crippen LogP contribution in [0.3, 0.4) is 0 Å². The maximum absolute atomic E-state index is 12.0. The highest BCUT2D eigenvalue weighted by Crippen LogP contribution is 2.28. The van der Waals surface area contributed by atoms with E-state index in [9.17, 15) is 8.78 Å². The van der Waals surface area contributed by atoms with Crippen molar-refractivity contribution in [2.75, 3.05) is 6.61 Å². The van der Waals surface area contributed by atoms with Crippen LogP contribution in [0, 0.1) is 6.92 Å². The molecule has 0 saturated carbocycles. The van der Waals surface area contributed by atoms with E-state index in [1.54, 1.807) is 0 Å². The molecule has 1 aliphatic rings. The third-order valence-corrected chi connectivity index (χ3v) is 1.06. The maximum atomic E-state index is 12.0. The van der Waals surface area contributed by atoms with Gasteiger partial charge >= 0.3 is 0 Å². The molecule has 3 heteroatoms. The first-order chi connectivity index (χ1) is 3.60. The summed E-state index contributed by atoms with van der Waals surface area (Å²) in [5.74, 6) is -2.62. The molecule has 1 heterocycles. The van der Waals surface area contributed by atoms with Gasteiger partial charge in [0.2, 0.25) is 0 Å². The number of ether oxygens (including phenoxy) is 1. The summed E-state index contributed by atoms with van der Waals surface area (Å²) in [6.07, 6.45) is -0.738. The second-order valence-corrected chi connectivity index (χ2v) is 1.99. The second-order valence-electron chi connectivity index (χ2n) is 1.99. The van der Waals surface area contributed by atoms with Gasteiger partial charge in [-0.2, -0.15) is 0 Å². The Hall–Kier alpha value is -0.180. The molecule has 1 unspecified atom stereocenters. The zero-order valence-corrected chi connectivity index (χ0v) is 4.36. The minimum absolute atomic E-state index is 0.229. The topological polar surface area (TPSA) is 9.23 Å². The first-order valence-electron chi connectivity index (χ1n) is 2.43. The van der Waals surface area contributed by atoms with Gasteiger partial charge in [0.05, 0.1) is 6.10 Å². The van der Waals surface area contributed by atoms with Gasteiger partial charge in [-0.05, 0) is 6.92 Å². The van der Waals surface area contributed by atoms with E-state index in [-0.39, 0.29) is 6.42 Å². The third-order valence-electron chi connectivity index (χ3n) is 1.06. The van der Waals surface area contributed by atoms with Crippen molar-refractivity contribution in [1.29, 1.82) is 0 Å². The predicted octanol–water partition coefficient (Wildman–Crippen LogP) is 1.24. The molecule has 0 aliphatic carbocycles. The monoisotopic (exact) mass is 121 g/mol. The lowest BCUT2D eigenvalue weighted by atomic mass is 10.2. The summed E-state index contributed by atoms with van der Waals surface area (Å²) in [4.78, 5) is 0. The lowest BCUT2D eigenvalue weighted by Gasteiger charge is -2.01. The fourth-order valence-electron chi connectivity index (χ4n) is 0.691. The van der Waals surface area contributed by atoms with Crippen molar-refractivity contribution in [3.8, 4) is 0 Å². The molecule has 0 spiro atoms. The zero-order valence-electron chi connectivity index (χ0n) is 4.36. The molecule has 0 amide bonds. The fraction of sp³-hybridized carbons (Fsp3) is 0.800. The van der Waals surface area contributed by atoms with Crippen molar-refractivity contribution in [2.24, 2.45) is 0 Å². The number of rotatable bonds is 0. The summed E-state index contributed by atoms with van der Waals surface area (Å²) in [5, 5.41) is 0. The Morgan fingerprint density at radius 2 is 2.25 bits per heavy atom. The van der Waals surface area contributed by atoms with E-state index in [0.29, 0.717) is 0 Å². The summed E-state index contributed by atoms with van der Waals surface area (Å²) >= 11 is 0. The van der Waals surface area contributed by atoms with E-state index < -0.39 is 18.6 Å². The summed E-state index contributed by atoms with van der Waals surface area (Å²) in [5.41, 5.74) is 0. The fourth-order valence-corrected chi connectivity index (χ4v) is 0.691. The molecular weight excluding hydrogens is 114 g/mol. The summed E-state index contributed by atoms with van der Waals surface area (Å²) in [6, 6.07) is 0. The van der Waals surface area contributed by atoms with Gasteiger partial charge in [0.25, 0.3) is 5.92 Å². The Kier molecular flexibility index (Phi) is 1.23. The molecule has 8 heavy (non-hydrogen) atoms. The highest BCUT2D eigenvalue weighted by Gasteiger charge is 2.38. The summed E-state index contributed by atoms with van der Waals surface area (Å²) in [7, 11) is 0. The van der Waals surface area contributed by atoms with Crippen molar-refractivity contribution >= 4 is 0 Å². The van der Waals surface area contributed by atoms with E-state index in [2.05, 4.69) is 11.7 Å². The molecule has 1 aliphatic heterocycles. The molecular formula is C5H7F2O. The Bertz CT molecular complexity index is 92.4. The molecule has 1 nitrogen and oxygen atoms in total. The van der Waals surface area contributed by atoms with Crippen LogP contribution in [-0.4, -0.2) is 18.6 Å². The highest BCUT2D eigenvalue weighted by molar-refractivity contribution is 4.80. The van der Waals surface area contributed by atoms with Crippen LogP contribution >= 0.6 is 0 Å². The second kappa shape index (κ2) is 1.65. The number of halogens is 2. The molecule has 1 saturated heterocycles. The van der Waals surface area contributed by atoms with E-state index in [4.69, 9.17) is 0 Å². The third kappa shape index (κ3) is 1.15. The van der Waals surface area contributed by atoms with Gasteiger partial charge < -0.3 is 4.74 Å². The van der Waals surface area contributed by atoms with Crippen LogP contribution in [-0.2, 0) is 4.74 Å². The van der Waals surface area contributed by atoms with Crippen molar-refractivity contribution in [3.05, 3.63) is 6.92 Å². The Labute approximate surface area is 46.6 Å². The first-order valence-corrected chi connectivity index (χ1v) is 2.43. The number of hydrogen-bond donors (Lipinski definition) is 0. The van der Waals surface area contributed by atoms with E-state index in [1.165, 1.54) is 0 Å². The highest BCUT2D eigenvalue weighted by atomic mass is 19.3. The molecule has 1 fully saturated rings. The van der Waals surface area contributed by atoms with Crippen LogP contribution < -0.4 is 0 Å². The zero-order chi connectivity index (χ0) is 6.20. The molecule has 1 rings (SSSR count). The van der Waals surface area contributed by atoms with Crippen molar-refractivity contribution < 1.29 is 13.5 Å². The quantitative estimate of drug-likeness (QED) is 0.468. The molecule has 0 aromatic rings. The Balaban J connectivity index is 2.44. The maximum Gasteiger partial charge on any atom is 0.273 e. The minimum atomic E-state index is -2.62. The van der Waals surface area contributed by atoms with Crippen LogP contribution in [0.5, 0.6) is 0 Å². The van der Waals surface area contributed by atoms with Gasteiger partial charge in [0, 0.05) is 6.42 Å². The molecule has 1 radical (unpaired) electrons. The standard InChI is InChI=1S/C5H7F2O/c1-4-2-5(6,7)3-8-4/h4H,1-3H2. The van der Waals surface area contributed by atoms with Gasteiger partial charge in [0.1, 0.15) is 6.61 Å². The molecule has 47 valence electrons. The van der Waals surface area contributed by atoms with Crippen LogP contribution in [0.2, 0.25) is 0 Å². The predicted molar refractivity (Wildman–Crippen MR) is 24.7 cm³/mol. The summed E-state index contributed by atoms with van der Waals surface area (Å²) in [6.45, 7) is 2.87. The van der Waals surface area contributed by atoms with Gasteiger partial charge in [-0.3, -0.25) is 0 Å².